The van der Waals surface area contributed by atoms with Crippen molar-refractivity contribution in [3.63, 3.8) is 0 Å². The van der Waals surface area contributed by atoms with Crippen LogP contribution in [0.15, 0.2) is 36.5 Å². The molecule has 0 saturated carbocycles. The summed E-state index contributed by atoms with van der Waals surface area (Å²) in [6, 6.07) is 10.7. The van der Waals surface area contributed by atoms with E-state index in [0.717, 1.165) is 24.1 Å². The lowest BCUT2D eigenvalue weighted by atomic mass is 9.97. The number of ether oxygens (including phenoxy) is 1. The van der Waals surface area contributed by atoms with E-state index in [1.165, 1.54) is 5.56 Å². The monoisotopic (exact) mass is 257 g/mol. The summed E-state index contributed by atoms with van der Waals surface area (Å²) >= 11 is 0. The summed E-state index contributed by atoms with van der Waals surface area (Å²) in [6.07, 6.45) is 1.88. The van der Waals surface area contributed by atoms with E-state index in [-0.39, 0.29) is 12.1 Å². The van der Waals surface area contributed by atoms with E-state index in [1.54, 1.807) is 0 Å². The van der Waals surface area contributed by atoms with Gasteiger partial charge in [0.2, 0.25) is 0 Å². The van der Waals surface area contributed by atoms with Crippen molar-refractivity contribution in [3.05, 3.63) is 42.1 Å². The van der Waals surface area contributed by atoms with Crippen LogP contribution in [0.1, 0.15) is 11.6 Å². The molecular weight excluding hydrogens is 238 g/mol. The molecule has 1 aliphatic heterocycles. The molecule has 19 heavy (non-hydrogen) atoms. The Morgan fingerprint density at radius 2 is 2.32 bits per heavy atom. The van der Waals surface area contributed by atoms with Crippen LogP contribution in [-0.4, -0.2) is 42.7 Å². The summed E-state index contributed by atoms with van der Waals surface area (Å²) in [7, 11) is 2.13. The SMILES string of the molecule is CN1CCOC(CN)C1c1ccc2ncccc2c1. The van der Waals surface area contributed by atoms with E-state index >= 15 is 0 Å². The number of morpholine rings is 1. The van der Waals surface area contributed by atoms with E-state index in [4.69, 9.17) is 10.5 Å². The smallest absolute Gasteiger partial charge is 0.0894 e. The number of likely N-dealkylation sites (N-methyl/N-ethyl adjacent to an activating group) is 1. The Balaban J connectivity index is 2.01. The summed E-state index contributed by atoms with van der Waals surface area (Å²) in [5.41, 5.74) is 8.11. The second-order valence-corrected chi connectivity index (χ2v) is 5.03. The second kappa shape index (κ2) is 5.25. The van der Waals surface area contributed by atoms with Crippen LogP contribution >= 0.6 is 0 Å². The van der Waals surface area contributed by atoms with Crippen molar-refractivity contribution in [2.24, 2.45) is 5.73 Å². The van der Waals surface area contributed by atoms with Gasteiger partial charge in [0.05, 0.1) is 24.3 Å². The summed E-state index contributed by atoms with van der Waals surface area (Å²) in [4.78, 5) is 6.67. The molecule has 2 atom stereocenters. The first kappa shape index (κ1) is 12.5. The Morgan fingerprint density at radius 3 is 3.16 bits per heavy atom. The third kappa shape index (κ3) is 2.34. The molecule has 0 spiro atoms. The summed E-state index contributed by atoms with van der Waals surface area (Å²) in [5.74, 6) is 0. The van der Waals surface area contributed by atoms with Gasteiger partial charge in [-0.2, -0.15) is 0 Å². The van der Waals surface area contributed by atoms with E-state index in [2.05, 4.69) is 41.2 Å². The van der Waals surface area contributed by atoms with Crippen molar-refractivity contribution in [2.75, 3.05) is 26.7 Å². The van der Waals surface area contributed by atoms with Gasteiger partial charge in [-0.3, -0.25) is 9.88 Å². The minimum Gasteiger partial charge on any atom is -0.374 e. The molecule has 1 aromatic heterocycles. The fourth-order valence-electron chi connectivity index (χ4n) is 2.81. The fourth-order valence-corrected chi connectivity index (χ4v) is 2.81. The van der Waals surface area contributed by atoms with Crippen LogP contribution < -0.4 is 5.73 Å². The van der Waals surface area contributed by atoms with Crippen molar-refractivity contribution >= 4 is 10.9 Å². The van der Waals surface area contributed by atoms with Gasteiger partial charge in [0, 0.05) is 24.7 Å². The molecule has 2 unspecified atom stereocenters. The normalized spacial score (nSPS) is 24.7. The number of aromatic nitrogens is 1. The number of nitrogens with zero attached hydrogens (tertiary/aromatic N) is 2. The minimum atomic E-state index is 0.0628. The van der Waals surface area contributed by atoms with Gasteiger partial charge in [0.25, 0.3) is 0 Å². The number of hydrogen-bond donors (Lipinski definition) is 1. The van der Waals surface area contributed by atoms with Gasteiger partial charge in [-0.05, 0) is 30.8 Å². The number of nitrogens with two attached hydrogens (primary N) is 1. The van der Waals surface area contributed by atoms with Gasteiger partial charge in [-0.15, -0.1) is 0 Å². The van der Waals surface area contributed by atoms with Gasteiger partial charge < -0.3 is 10.5 Å². The average molecular weight is 257 g/mol. The Hall–Kier alpha value is -1.49. The van der Waals surface area contributed by atoms with Gasteiger partial charge in [-0.1, -0.05) is 12.1 Å². The average Bonchev–Trinajstić information content (AvgIpc) is 2.46. The molecule has 0 bridgehead atoms. The summed E-state index contributed by atoms with van der Waals surface area (Å²) < 4.78 is 5.79. The zero-order chi connectivity index (χ0) is 13.2. The third-order valence-corrected chi connectivity index (χ3v) is 3.80. The number of rotatable bonds is 2. The fraction of sp³-hybridized carbons (Fsp3) is 0.400. The Bertz CT molecular complexity index is 572. The maximum Gasteiger partial charge on any atom is 0.0894 e. The van der Waals surface area contributed by atoms with Gasteiger partial charge >= 0.3 is 0 Å². The van der Waals surface area contributed by atoms with Crippen LogP contribution in [0, 0.1) is 0 Å². The molecule has 1 aliphatic rings. The molecule has 2 aromatic rings. The lowest BCUT2D eigenvalue weighted by Crippen LogP contribution is -2.46. The number of hydrogen-bond acceptors (Lipinski definition) is 4. The maximum absolute atomic E-state index is 5.84. The highest BCUT2D eigenvalue weighted by molar-refractivity contribution is 5.79. The minimum absolute atomic E-state index is 0.0628. The van der Waals surface area contributed by atoms with Gasteiger partial charge in [-0.25, -0.2) is 0 Å². The first-order valence-corrected chi connectivity index (χ1v) is 6.66. The van der Waals surface area contributed by atoms with Crippen LogP contribution in [0.5, 0.6) is 0 Å². The Kier molecular flexibility index (Phi) is 3.46. The second-order valence-electron chi connectivity index (χ2n) is 5.03. The molecule has 0 radical (unpaired) electrons. The molecule has 1 aromatic carbocycles. The topological polar surface area (TPSA) is 51.4 Å². The van der Waals surface area contributed by atoms with Crippen LogP contribution in [0.3, 0.4) is 0 Å². The van der Waals surface area contributed by atoms with Crippen LogP contribution in [0.25, 0.3) is 10.9 Å². The zero-order valence-electron chi connectivity index (χ0n) is 11.1. The van der Waals surface area contributed by atoms with E-state index in [0.29, 0.717) is 6.54 Å². The predicted molar refractivity (Wildman–Crippen MR) is 75.9 cm³/mol. The van der Waals surface area contributed by atoms with E-state index < -0.39 is 0 Å². The molecule has 1 saturated heterocycles. The van der Waals surface area contributed by atoms with Crippen molar-refractivity contribution in [2.45, 2.75) is 12.1 Å². The highest BCUT2D eigenvalue weighted by atomic mass is 16.5. The lowest BCUT2D eigenvalue weighted by molar-refractivity contribution is -0.0576. The standard InChI is InChI=1S/C15H19N3O/c1-18-7-8-19-14(10-16)15(18)12-4-5-13-11(9-12)3-2-6-17-13/h2-6,9,14-15H,7-8,10,16H2,1H3. The Labute approximate surface area is 113 Å². The van der Waals surface area contributed by atoms with Crippen molar-refractivity contribution in [1.29, 1.82) is 0 Å². The quantitative estimate of drug-likeness (QED) is 0.887. The predicted octanol–water partition coefficient (Wildman–Crippen LogP) is 1.57. The molecular formula is C15H19N3O. The molecule has 0 aliphatic carbocycles. The van der Waals surface area contributed by atoms with Crippen LogP contribution in [0.4, 0.5) is 0 Å². The van der Waals surface area contributed by atoms with Crippen molar-refractivity contribution < 1.29 is 4.74 Å². The van der Waals surface area contributed by atoms with Crippen LogP contribution in [0.2, 0.25) is 0 Å². The summed E-state index contributed by atoms with van der Waals surface area (Å²) in [6.45, 7) is 2.23. The number of pyridine rings is 1. The molecule has 2 heterocycles. The lowest BCUT2D eigenvalue weighted by Gasteiger charge is -2.39. The number of fused-ring (bicyclic) bond motifs is 1. The molecule has 2 N–H and O–H groups in total. The van der Waals surface area contributed by atoms with Crippen molar-refractivity contribution in [3.8, 4) is 0 Å². The zero-order valence-corrected chi connectivity index (χ0v) is 11.1. The molecule has 100 valence electrons. The van der Waals surface area contributed by atoms with Crippen LogP contribution in [-0.2, 0) is 4.74 Å². The van der Waals surface area contributed by atoms with E-state index in [1.807, 2.05) is 12.3 Å². The third-order valence-electron chi connectivity index (χ3n) is 3.80. The summed E-state index contributed by atoms with van der Waals surface area (Å²) in [5, 5.41) is 1.16. The number of benzene rings is 1. The molecule has 1 fully saturated rings. The largest absolute Gasteiger partial charge is 0.374 e. The molecule has 4 nitrogen and oxygen atoms in total. The van der Waals surface area contributed by atoms with Gasteiger partial charge in [0.1, 0.15) is 0 Å². The Morgan fingerprint density at radius 1 is 1.42 bits per heavy atom. The molecule has 4 heteroatoms. The molecule has 3 rings (SSSR count). The first-order chi connectivity index (χ1) is 9.29. The highest BCUT2D eigenvalue weighted by Crippen LogP contribution is 2.29. The highest BCUT2D eigenvalue weighted by Gasteiger charge is 2.30. The van der Waals surface area contributed by atoms with Crippen molar-refractivity contribution in [1.82, 2.24) is 9.88 Å². The molecule has 0 amide bonds. The van der Waals surface area contributed by atoms with Gasteiger partial charge in [0.15, 0.2) is 0 Å². The maximum atomic E-state index is 5.84. The first-order valence-electron chi connectivity index (χ1n) is 6.66. The van der Waals surface area contributed by atoms with E-state index in [9.17, 15) is 0 Å².